The zero-order valence-electron chi connectivity index (χ0n) is 15.8. The number of nitro benzene ring substituents is 1. The quantitative estimate of drug-likeness (QED) is 0.565. The van der Waals surface area contributed by atoms with Gasteiger partial charge in [0.05, 0.1) is 16.3 Å². The Morgan fingerprint density at radius 3 is 2.54 bits per heavy atom. The molecule has 2 aromatic rings. The predicted molar refractivity (Wildman–Crippen MR) is 108 cm³/mol. The minimum atomic E-state index is -3.90. The third-order valence-corrected chi connectivity index (χ3v) is 6.86. The van der Waals surface area contributed by atoms with E-state index in [0.717, 1.165) is 30.2 Å². The fraction of sp³-hybridized carbons (Fsp3) is 0.316. The van der Waals surface area contributed by atoms with Gasteiger partial charge in [-0.05, 0) is 24.5 Å². The molecular formula is C19H22N4O4S. The maximum atomic E-state index is 13.0. The highest BCUT2D eigenvalue weighted by Crippen LogP contribution is 2.30. The lowest BCUT2D eigenvalue weighted by molar-refractivity contribution is -0.385. The number of rotatable bonds is 7. The fourth-order valence-electron chi connectivity index (χ4n) is 3.28. The van der Waals surface area contributed by atoms with Gasteiger partial charge in [-0.3, -0.25) is 15.5 Å². The van der Waals surface area contributed by atoms with E-state index in [9.17, 15) is 18.5 Å². The SMILES string of the molecule is CCN(CC)S(=O)(=O)c1cc([N+](=O)[O-])ccc1N/N=C1\CCc2ccccc21. The van der Waals surface area contributed by atoms with E-state index in [-0.39, 0.29) is 29.4 Å². The molecule has 1 aliphatic carbocycles. The molecule has 0 bridgehead atoms. The Bertz CT molecular complexity index is 1030. The largest absolute Gasteiger partial charge is 0.277 e. The van der Waals surface area contributed by atoms with E-state index in [1.54, 1.807) is 13.8 Å². The summed E-state index contributed by atoms with van der Waals surface area (Å²) >= 11 is 0. The van der Waals surface area contributed by atoms with Crippen molar-refractivity contribution in [3.05, 3.63) is 63.7 Å². The number of aryl methyl sites for hydroxylation is 1. The molecule has 148 valence electrons. The second-order valence-corrected chi connectivity index (χ2v) is 8.26. The first-order valence-corrected chi connectivity index (χ1v) is 10.5. The minimum Gasteiger partial charge on any atom is -0.277 e. The Balaban J connectivity index is 2.02. The lowest BCUT2D eigenvalue weighted by Crippen LogP contribution is -2.31. The Hall–Kier alpha value is -2.78. The van der Waals surface area contributed by atoms with E-state index in [1.807, 2.05) is 24.3 Å². The van der Waals surface area contributed by atoms with Crippen molar-refractivity contribution >= 4 is 27.1 Å². The number of nitro groups is 1. The smallest absolute Gasteiger partial charge is 0.270 e. The number of sulfonamides is 1. The number of hydrazone groups is 1. The van der Waals surface area contributed by atoms with Gasteiger partial charge < -0.3 is 0 Å². The zero-order chi connectivity index (χ0) is 20.3. The Morgan fingerprint density at radius 1 is 1.14 bits per heavy atom. The summed E-state index contributed by atoms with van der Waals surface area (Å²) in [4.78, 5) is 10.4. The van der Waals surface area contributed by atoms with Crippen molar-refractivity contribution in [1.82, 2.24) is 4.31 Å². The van der Waals surface area contributed by atoms with Crippen molar-refractivity contribution in [2.24, 2.45) is 5.10 Å². The number of anilines is 1. The van der Waals surface area contributed by atoms with Crippen LogP contribution in [0, 0.1) is 10.1 Å². The van der Waals surface area contributed by atoms with Crippen LogP contribution < -0.4 is 5.43 Å². The molecule has 0 heterocycles. The van der Waals surface area contributed by atoms with Crippen molar-refractivity contribution in [2.75, 3.05) is 18.5 Å². The Labute approximate surface area is 164 Å². The normalized spacial score (nSPS) is 15.0. The Morgan fingerprint density at radius 2 is 1.86 bits per heavy atom. The van der Waals surface area contributed by atoms with E-state index in [2.05, 4.69) is 10.5 Å². The first kappa shape index (κ1) is 20.0. The number of benzene rings is 2. The molecule has 0 fully saturated rings. The molecule has 9 heteroatoms. The summed E-state index contributed by atoms with van der Waals surface area (Å²) < 4.78 is 27.3. The maximum absolute atomic E-state index is 13.0. The average molecular weight is 402 g/mol. The summed E-state index contributed by atoms with van der Waals surface area (Å²) in [6.07, 6.45) is 1.62. The van der Waals surface area contributed by atoms with Crippen molar-refractivity contribution in [3.8, 4) is 0 Å². The highest BCUT2D eigenvalue weighted by molar-refractivity contribution is 7.89. The van der Waals surface area contributed by atoms with Crippen molar-refractivity contribution in [1.29, 1.82) is 0 Å². The third kappa shape index (κ3) is 3.76. The van der Waals surface area contributed by atoms with Crippen molar-refractivity contribution in [2.45, 2.75) is 31.6 Å². The summed E-state index contributed by atoms with van der Waals surface area (Å²) in [5.74, 6) is 0. The van der Waals surface area contributed by atoms with Crippen LogP contribution in [0.2, 0.25) is 0 Å². The maximum Gasteiger partial charge on any atom is 0.270 e. The van der Waals surface area contributed by atoms with Crippen LogP contribution in [0.3, 0.4) is 0 Å². The standard InChI is InChI=1S/C19H22N4O4S/c1-3-22(4-2)28(26,27)19-13-15(23(24)25)10-12-18(19)21-20-17-11-9-14-7-5-6-8-16(14)17/h5-8,10,12-13,21H,3-4,9,11H2,1-2H3/b20-17+. The molecule has 2 aromatic carbocycles. The highest BCUT2D eigenvalue weighted by Gasteiger charge is 2.27. The zero-order valence-corrected chi connectivity index (χ0v) is 16.6. The summed E-state index contributed by atoms with van der Waals surface area (Å²) in [6, 6.07) is 11.7. The minimum absolute atomic E-state index is 0.152. The van der Waals surface area contributed by atoms with Crippen LogP contribution in [0.4, 0.5) is 11.4 Å². The Kier molecular flexibility index (Phi) is 5.76. The monoisotopic (exact) mass is 402 g/mol. The van der Waals surface area contributed by atoms with Gasteiger partial charge in [0.15, 0.2) is 0 Å². The molecule has 0 atom stereocenters. The van der Waals surface area contributed by atoms with Gasteiger partial charge in [-0.2, -0.15) is 9.41 Å². The predicted octanol–water partition coefficient (Wildman–Crippen LogP) is 3.39. The fourth-order valence-corrected chi connectivity index (χ4v) is 4.90. The molecule has 1 N–H and O–H groups in total. The van der Waals surface area contributed by atoms with E-state index >= 15 is 0 Å². The molecule has 3 rings (SSSR count). The van der Waals surface area contributed by atoms with Crippen LogP contribution in [0.25, 0.3) is 0 Å². The summed E-state index contributed by atoms with van der Waals surface area (Å²) in [5.41, 5.74) is 5.83. The topological polar surface area (TPSA) is 105 Å². The van der Waals surface area contributed by atoms with Crippen LogP contribution in [-0.2, 0) is 16.4 Å². The molecule has 0 radical (unpaired) electrons. The second-order valence-electron chi connectivity index (χ2n) is 6.35. The average Bonchev–Trinajstić information content (AvgIpc) is 3.10. The highest BCUT2D eigenvalue weighted by atomic mass is 32.2. The van der Waals surface area contributed by atoms with Gasteiger partial charge in [-0.15, -0.1) is 0 Å². The molecule has 8 nitrogen and oxygen atoms in total. The van der Waals surface area contributed by atoms with E-state index in [1.165, 1.54) is 22.0 Å². The number of hydrogen-bond acceptors (Lipinski definition) is 6. The number of nitrogens with one attached hydrogen (secondary N) is 1. The van der Waals surface area contributed by atoms with Crippen LogP contribution in [0.5, 0.6) is 0 Å². The van der Waals surface area contributed by atoms with Crippen LogP contribution in [0.1, 0.15) is 31.4 Å². The van der Waals surface area contributed by atoms with E-state index in [4.69, 9.17) is 0 Å². The van der Waals surface area contributed by atoms with Crippen LogP contribution in [-0.4, -0.2) is 36.4 Å². The molecular weight excluding hydrogens is 380 g/mol. The number of fused-ring (bicyclic) bond motifs is 1. The molecule has 0 unspecified atom stereocenters. The third-order valence-electron chi connectivity index (χ3n) is 4.77. The molecule has 0 aromatic heterocycles. The number of nitrogens with zero attached hydrogens (tertiary/aromatic N) is 3. The first-order valence-electron chi connectivity index (χ1n) is 9.08. The van der Waals surface area contributed by atoms with Gasteiger partial charge in [-0.25, -0.2) is 8.42 Å². The van der Waals surface area contributed by atoms with Crippen LogP contribution >= 0.6 is 0 Å². The molecule has 0 saturated carbocycles. The second kappa shape index (κ2) is 8.07. The van der Waals surface area contributed by atoms with Gasteiger partial charge in [0.2, 0.25) is 10.0 Å². The lowest BCUT2D eigenvalue weighted by atomic mass is 10.1. The molecule has 1 aliphatic rings. The molecule has 28 heavy (non-hydrogen) atoms. The number of non-ortho nitro benzene ring substituents is 1. The van der Waals surface area contributed by atoms with Gasteiger partial charge in [0, 0.05) is 30.8 Å². The summed E-state index contributed by atoms with van der Waals surface area (Å²) in [5, 5.41) is 15.6. The van der Waals surface area contributed by atoms with E-state index < -0.39 is 14.9 Å². The lowest BCUT2D eigenvalue weighted by Gasteiger charge is -2.20. The number of hydrogen-bond donors (Lipinski definition) is 1. The van der Waals surface area contributed by atoms with Gasteiger partial charge in [0.1, 0.15) is 4.90 Å². The molecule has 0 spiro atoms. The van der Waals surface area contributed by atoms with Crippen LogP contribution in [0.15, 0.2) is 52.5 Å². The summed E-state index contributed by atoms with van der Waals surface area (Å²) in [7, 11) is -3.90. The first-order chi connectivity index (χ1) is 13.4. The van der Waals surface area contributed by atoms with E-state index in [0.29, 0.717) is 0 Å². The van der Waals surface area contributed by atoms with Gasteiger partial charge in [0.25, 0.3) is 5.69 Å². The van der Waals surface area contributed by atoms with Crippen molar-refractivity contribution < 1.29 is 13.3 Å². The molecule has 0 aliphatic heterocycles. The van der Waals surface area contributed by atoms with Crippen molar-refractivity contribution in [3.63, 3.8) is 0 Å². The summed E-state index contributed by atoms with van der Waals surface area (Å²) in [6.45, 7) is 3.98. The van der Waals surface area contributed by atoms with Gasteiger partial charge in [-0.1, -0.05) is 38.1 Å². The molecule has 0 saturated heterocycles. The van der Waals surface area contributed by atoms with Gasteiger partial charge >= 0.3 is 0 Å². The molecule has 0 amide bonds.